The Kier molecular flexibility index (Phi) is 4.73. The van der Waals surface area contributed by atoms with E-state index in [0.29, 0.717) is 17.5 Å². The highest BCUT2D eigenvalue weighted by Crippen LogP contribution is 2.29. The number of hydrogen-bond donors (Lipinski definition) is 0. The molecule has 132 valence electrons. The van der Waals surface area contributed by atoms with Gasteiger partial charge in [0.1, 0.15) is 16.7 Å². The van der Waals surface area contributed by atoms with Crippen molar-refractivity contribution in [2.24, 2.45) is 14.1 Å². The summed E-state index contributed by atoms with van der Waals surface area (Å²) in [5.41, 5.74) is -0.390. The van der Waals surface area contributed by atoms with Crippen LogP contribution in [0.2, 0.25) is 0 Å². The first-order valence-corrected chi connectivity index (χ1v) is 8.52. The van der Waals surface area contributed by atoms with Crippen molar-refractivity contribution in [3.8, 4) is 17.5 Å². The number of nitriles is 1. The maximum Gasteiger partial charge on any atom is 0.331 e. The highest BCUT2D eigenvalue weighted by atomic mass is 32.2. The van der Waals surface area contributed by atoms with Crippen molar-refractivity contribution in [1.29, 1.82) is 5.26 Å². The van der Waals surface area contributed by atoms with Crippen LogP contribution < -0.4 is 11.2 Å². The lowest BCUT2D eigenvalue weighted by Gasteiger charge is -2.11. The molecular weight excluding hydrogens is 354 g/mol. The van der Waals surface area contributed by atoms with Crippen LogP contribution in [0.4, 0.5) is 0 Å². The zero-order chi connectivity index (χ0) is 18.8. The maximum atomic E-state index is 12.2. The molecule has 0 aromatic carbocycles. The van der Waals surface area contributed by atoms with Crippen molar-refractivity contribution in [3.63, 3.8) is 0 Å². The van der Waals surface area contributed by atoms with E-state index in [9.17, 15) is 14.9 Å². The van der Waals surface area contributed by atoms with Gasteiger partial charge >= 0.3 is 5.69 Å². The van der Waals surface area contributed by atoms with E-state index in [-0.39, 0.29) is 10.6 Å². The van der Waals surface area contributed by atoms with Crippen LogP contribution in [0.25, 0.3) is 11.4 Å². The van der Waals surface area contributed by atoms with Gasteiger partial charge in [-0.15, -0.1) is 10.2 Å². The molecule has 0 amide bonds. The first kappa shape index (κ1) is 17.6. The fourth-order valence-electron chi connectivity index (χ4n) is 2.49. The quantitative estimate of drug-likeness (QED) is 0.625. The van der Waals surface area contributed by atoms with Gasteiger partial charge in [0.15, 0.2) is 11.0 Å². The molecule has 0 unspecified atom stereocenters. The standard InChI is InChI=1S/C16H15N7O2S/c1-4-23-12(10-5-7-18-8-6-10)19-20-15(23)26-14-11(9-17)13(24)21(2)16(25)22(14)3/h5-8H,4H2,1-3H3. The zero-order valence-corrected chi connectivity index (χ0v) is 15.2. The molecule has 3 aromatic rings. The molecule has 0 spiro atoms. The highest BCUT2D eigenvalue weighted by Gasteiger charge is 2.20. The SMILES string of the molecule is CCn1c(Sc2c(C#N)c(=O)n(C)c(=O)n2C)nnc1-c1ccncc1. The number of hydrogen-bond acceptors (Lipinski definition) is 7. The van der Waals surface area contributed by atoms with Crippen molar-refractivity contribution in [3.05, 3.63) is 50.9 Å². The lowest BCUT2D eigenvalue weighted by molar-refractivity contribution is 0.627. The van der Waals surface area contributed by atoms with Gasteiger partial charge in [0, 0.05) is 38.6 Å². The van der Waals surface area contributed by atoms with E-state index < -0.39 is 11.2 Å². The van der Waals surface area contributed by atoms with Crippen LogP contribution in [0.15, 0.2) is 44.3 Å². The average Bonchev–Trinajstić information content (AvgIpc) is 3.08. The zero-order valence-electron chi connectivity index (χ0n) is 14.4. The predicted octanol–water partition coefficient (Wildman–Crippen LogP) is 0.780. The van der Waals surface area contributed by atoms with E-state index in [1.165, 1.54) is 18.7 Å². The Labute approximate surface area is 152 Å². The van der Waals surface area contributed by atoms with Crippen LogP contribution in [0.3, 0.4) is 0 Å². The highest BCUT2D eigenvalue weighted by molar-refractivity contribution is 7.99. The lowest BCUT2D eigenvalue weighted by Crippen LogP contribution is -2.39. The number of rotatable bonds is 4. The number of pyridine rings is 1. The van der Waals surface area contributed by atoms with Crippen LogP contribution in [-0.4, -0.2) is 28.9 Å². The van der Waals surface area contributed by atoms with Gasteiger partial charge in [-0.3, -0.25) is 18.9 Å². The molecule has 3 aromatic heterocycles. The second kappa shape index (κ2) is 6.97. The molecule has 0 radical (unpaired) electrons. The van der Waals surface area contributed by atoms with E-state index in [0.717, 1.165) is 21.9 Å². The molecule has 0 bridgehead atoms. The molecule has 10 heteroatoms. The minimum Gasteiger partial charge on any atom is -0.302 e. The molecular formula is C16H15N7O2S. The van der Waals surface area contributed by atoms with Crippen LogP contribution in [0, 0.1) is 11.3 Å². The summed E-state index contributed by atoms with van der Waals surface area (Å²) in [4.78, 5) is 28.4. The van der Waals surface area contributed by atoms with Crippen LogP contribution in [0.1, 0.15) is 12.5 Å². The monoisotopic (exact) mass is 369 g/mol. The first-order valence-electron chi connectivity index (χ1n) is 7.71. The Balaban J connectivity index is 2.15. The molecule has 0 aliphatic heterocycles. The summed E-state index contributed by atoms with van der Waals surface area (Å²) in [5, 5.41) is 18.5. The van der Waals surface area contributed by atoms with E-state index in [4.69, 9.17) is 0 Å². The topological polar surface area (TPSA) is 111 Å². The van der Waals surface area contributed by atoms with E-state index in [2.05, 4.69) is 15.2 Å². The summed E-state index contributed by atoms with van der Waals surface area (Å²) in [6, 6.07) is 5.53. The Morgan fingerprint density at radius 2 is 1.85 bits per heavy atom. The van der Waals surface area contributed by atoms with Crippen LogP contribution >= 0.6 is 11.8 Å². The second-order valence-corrected chi connectivity index (χ2v) is 6.34. The van der Waals surface area contributed by atoms with E-state index in [1.807, 2.05) is 29.7 Å². The summed E-state index contributed by atoms with van der Waals surface area (Å²) >= 11 is 1.07. The van der Waals surface area contributed by atoms with E-state index >= 15 is 0 Å². The summed E-state index contributed by atoms with van der Waals surface area (Å²) in [6.45, 7) is 2.51. The summed E-state index contributed by atoms with van der Waals surface area (Å²) in [6.07, 6.45) is 3.32. The Morgan fingerprint density at radius 1 is 1.15 bits per heavy atom. The summed E-state index contributed by atoms with van der Waals surface area (Å²) in [5.74, 6) is 0.643. The molecule has 9 nitrogen and oxygen atoms in total. The molecule has 0 aliphatic carbocycles. The third-order valence-electron chi connectivity index (χ3n) is 3.88. The largest absolute Gasteiger partial charge is 0.331 e. The molecule has 0 N–H and O–H groups in total. The van der Waals surface area contributed by atoms with E-state index in [1.54, 1.807) is 12.4 Å². The van der Waals surface area contributed by atoms with Gasteiger partial charge < -0.3 is 4.57 Å². The molecule has 3 rings (SSSR count). The average molecular weight is 369 g/mol. The van der Waals surface area contributed by atoms with Gasteiger partial charge in [0.25, 0.3) is 5.56 Å². The van der Waals surface area contributed by atoms with Gasteiger partial charge in [-0.25, -0.2) is 4.79 Å². The molecule has 0 fully saturated rings. The third kappa shape index (κ3) is 2.82. The molecule has 0 saturated carbocycles. The Bertz CT molecular complexity index is 1120. The smallest absolute Gasteiger partial charge is 0.302 e. The van der Waals surface area contributed by atoms with Gasteiger partial charge in [0.05, 0.1) is 0 Å². The second-order valence-electron chi connectivity index (χ2n) is 5.39. The van der Waals surface area contributed by atoms with Gasteiger partial charge in [-0.2, -0.15) is 5.26 Å². The van der Waals surface area contributed by atoms with Crippen molar-refractivity contribution in [1.82, 2.24) is 28.9 Å². The molecule has 3 heterocycles. The minimum atomic E-state index is -0.630. The minimum absolute atomic E-state index is 0.101. The third-order valence-corrected chi connectivity index (χ3v) is 5.04. The summed E-state index contributed by atoms with van der Waals surface area (Å²) in [7, 11) is 2.86. The maximum absolute atomic E-state index is 12.2. The first-order chi connectivity index (χ1) is 12.5. The van der Waals surface area contributed by atoms with Gasteiger partial charge in [-0.1, -0.05) is 0 Å². The molecule has 0 saturated heterocycles. The lowest BCUT2D eigenvalue weighted by atomic mass is 10.2. The van der Waals surface area contributed by atoms with Gasteiger partial charge in [-0.05, 0) is 30.8 Å². The molecule has 0 aliphatic rings. The fraction of sp³-hybridized carbons (Fsp3) is 0.250. The van der Waals surface area contributed by atoms with Crippen molar-refractivity contribution < 1.29 is 0 Å². The number of nitrogens with zero attached hydrogens (tertiary/aromatic N) is 7. The fourth-order valence-corrected chi connectivity index (χ4v) is 3.52. The summed E-state index contributed by atoms with van der Waals surface area (Å²) < 4.78 is 4.03. The van der Waals surface area contributed by atoms with Crippen LogP contribution in [-0.2, 0) is 20.6 Å². The van der Waals surface area contributed by atoms with Crippen molar-refractivity contribution in [2.45, 2.75) is 23.7 Å². The van der Waals surface area contributed by atoms with Crippen molar-refractivity contribution >= 4 is 11.8 Å². The van der Waals surface area contributed by atoms with Crippen molar-refractivity contribution in [2.75, 3.05) is 0 Å². The molecule has 26 heavy (non-hydrogen) atoms. The Hall–Kier alpha value is -3.19. The Morgan fingerprint density at radius 3 is 2.46 bits per heavy atom. The van der Waals surface area contributed by atoms with Crippen LogP contribution in [0.5, 0.6) is 0 Å². The van der Waals surface area contributed by atoms with Gasteiger partial charge in [0.2, 0.25) is 0 Å². The predicted molar refractivity (Wildman–Crippen MR) is 94.7 cm³/mol. The molecule has 0 atom stereocenters. The number of aromatic nitrogens is 6. The normalized spacial score (nSPS) is 10.7.